The molecule has 0 aliphatic rings. The van der Waals surface area contributed by atoms with E-state index in [0.29, 0.717) is 16.9 Å². The van der Waals surface area contributed by atoms with Crippen LogP contribution in [0.2, 0.25) is 0 Å². The summed E-state index contributed by atoms with van der Waals surface area (Å²) >= 11 is 4.59. The van der Waals surface area contributed by atoms with E-state index in [1.54, 1.807) is 41.8 Å². The van der Waals surface area contributed by atoms with Crippen molar-refractivity contribution in [2.75, 3.05) is 16.7 Å². The Morgan fingerprint density at radius 1 is 1.11 bits per heavy atom. The van der Waals surface area contributed by atoms with Crippen LogP contribution >= 0.6 is 27.3 Å². The third-order valence-electron chi connectivity index (χ3n) is 4.02. The van der Waals surface area contributed by atoms with E-state index in [0.717, 1.165) is 10.0 Å². The van der Waals surface area contributed by atoms with Gasteiger partial charge in [-0.15, -0.1) is 11.3 Å². The first kappa shape index (κ1) is 19.6. The van der Waals surface area contributed by atoms with Crippen LogP contribution in [0.3, 0.4) is 0 Å². The molecule has 2 aromatic carbocycles. The van der Waals surface area contributed by atoms with Gasteiger partial charge in [-0.3, -0.25) is 9.10 Å². The fourth-order valence-corrected chi connectivity index (χ4v) is 5.04. The molecule has 27 heavy (non-hydrogen) atoms. The Bertz CT molecular complexity index is 1060. The van der Waals surface area contributed by atoms with Crippen molar-refractivity contribution in [3.8, 4) is 0 Å². The van der Waals surface area contributed by atoms with Crippen LogP contribution < -0.4 is 9.62 Å². The minimum Gasteiger partial charge on any atom is -0.322 e. The second-order valence-electron chi connectivity index (χ2n) is 5.87. The molecule has 0 atom stereocenters. The minimum absolute atomic E-state index is 0.257. The van der Waals surface area contributed by atoms with Gasteiger partial charge in [-0.1, -0.05) is 22.0 Å². The average molecular weight is 465 g/mol. The maximum Gasteiger partial charge on any atom is 0.273 e. The number of sulfonamides is 1. The molecule has 1 aromatic heterocycles. The number of halogens is 1. The molecule has 0 saturated carbocycles. The fraction of sp³-hybridized carbons (Fsp3) is 0.105. The summed E-state index contributed by atoms with van der Waals surface area (Å²) in [7, 11) is -2.10. The number of rotatable bonds is 5. The molecule has 8 heteroatoms. The first-order valence-corrected chi connectivity index (χ1v) is 11.1. The highest BCUT2D eigenvalue weighted by Gasteiger charge is 2.22. The van der Waals surface area contributed by atoms with E-state index in [9.17, 15) is 13.2 Å². The van der Waals surface area contributed by atoms with E-state index in [-0.39, 0.29) is 10.1 Å². The molecule has 1 heterocycles. The molecule has 0 fully saturated rings. The van der Waals surface area contributed by atoms with E-state index in [1.165, 1.54) is 22.7 Å². The topological polar surface area (TPSA) is 66.5 Å². The highest BCUT2D eigenvalue weighted by Crippen LogP contribution is 2.26. The third kappa shape index (κ3) is 4.23. The van der Waals surface area contributed by atoms with Gasteiger partial charge in [0.2, 0.25) is 0 Å². The van der Waals surface area contributed by atoms with Gasteiger partial charge in [-0.05, 0) is 66.4 Å². The summed E-state index contributed by atoms with van der Waals surface area (Å²) in [4.78, 5) is 12.4. The number of carbonyl (C=O) groups is 1. The Labute approximate surface area is 170 Å². The molecule has 0 aliphatic heterocycles. The summed E-state index contributed by atoms with van der Waals surface area (Å²) in [5.74, 6) is -0.257. The predicted molar refractivity (Wildman–Crippen MR) is 113 cm³/mol. The lowest BCUT2D eigenvalue weighted by molar-refractivity contribution is 0.102. The van der Waals surface area contributed by atoms with E-state index < -0.39 is 10.0 Å². The second-order valence-corrected chi connectivity index (χ2v) is 9.87. The van der Waals surface area contributed by atoms with E-state index >= 15 is 0 Å². The Kier molecular flexibility index (Phi) is 5.69. The number of nitrogens with one attached hydrogen (secondary N) is 1. The SMILES string of the molecule is Cc1cc(NC(=O)c2ccc(N(C)S(=O)(=O)c3cccs3)cc2)ccc1Br. The maximum absolute atomic E-state index is 12.6. The zero-order valence-corrected chi connectivity index (χ0v) is 17.9. The van der Waals surface area contributed by atoms with Crippen LogP contribution in [0.25, 0.3) is 0 Å². The van der Waals surface area contributed by atoms with Gasteiger partial charge in [0.15, 0.2) is 0 Å². The molecule has 3 rings (SSSR count). The van der Waals surface area contributed by atoms with Gasteiger partial charge >= 0.3 is 0 Å². The number of benzene rings is 2. The lowest BCUT2D eigenvalue weighted by Gasteiger charge is -2.18. The normalized spacial score (nSPS) is 11.2. The summed E-state index contributed by atoms with van der Waals surface area (Å²) in [6.45, 7) is 1.94. The van der Waals surface area contributed by atoms with Gasteiger partial charge in [-0.25, -0.2) is 8.42 Å². The molecule has 5 nitrogen and oxygen atoms in total. The van der Waals surface area contributed by atoms with Crippen molar-refractivity contribution in [1.82, 2.24) is 0 Å². The smallest absolute Gasteiger partial charge is 0.273 e. The lowest BCUT2D eigenvalue weighted by atomic mass is 10.1. The summed E-state index contributed by atoms with van der Waals surface area (Å²) in [6, 6.07) is 15.3. The number of thiophene rings is 1. The van der Waals surface area contributed by atoms with Gasteiger partial charge in [0, 0.05) is 22.8 Å². The molecule has 0 spiro atoms. The molecule has 0 unspecified atom stereocenters. The summed E-state index contributed by atoms with van der Waals surface area (Å²) < 4.78 is 27.6. The van der Waals surface area contributed by atoms with Crippen molar-refractivity contribution in [1.29, 1.82) is 0 Å². The van der Waals surface area contributed by atoms with Crippen LogP contribution in [0.15, 0.2) is 68.7 Å². The van der Waals surface area contributed by atoms with Gasteiger partial charge < -0.3 is 5.32 Å². The number of carbonyl (C=O) groups excluding carboxylic acids is 1. The summed E-state index contributed by atoms with van der Waals surface area (Å²) in [6.07, 6.45) is 0. The Morgan fingerprint density at radius 3 is 2.41 bits per heavy atom. The Morgan fingerprint density at radius 2 is 1.81 bits per heavy atom. The van der Waals surface area contributed by atoms with Gasteiger partial charge in [0.25, 0.3) is 15.9 Å². The molecule has 0 saturated heterocycles. The van der Waals surface area contributed by atoms with Crippen LogP contribution in [0.1, 0.15) is 15.9 Å². The molecular formula is C19H17BrN2O3S2. The quantitative estimate of drug-likeness (QED) is 0.583. The predicted octanol–water partition coefficient (Wildman–Crippen LogP) is 4.90. The van der Waals surface area contributed by atoms with Crippen LogP contribution in [-0.2, 0) is 10.0 Å². The first-order valence-electron chi connectivity index (χ1n) is 7.99. The van der Waals surface area contributed by atoms with Crippen molar-refractivity contribution in [3.63, 3.8) is 0 Å². The second kappa shape index (κ2) is 7.84. The maximum atomic E-state index is 12.6. The fourth-order valence-electron chi connectivity index (χ4n) is 2.43. The van der Waals surface area contributed by atoms with E-state index in [4.69, 9.17) is 0 Å². The molecule has 0 radical (unpaired) electrons. The lowest BCUT2D eigenvalue weighted by Crippen LogP contribution is -2.25. The summed E-state index contributed by atoms with van der Waals surface area (Å²) in [5.41, 5.74) is 2.64. The van der Waals surface area contributed by atoms with Crippen molar-refractivity contribution in [2.24, 2.45) is 0 Å². The number of hydrogen-bond acceptors (Lipinski definition) is 4. The van der Waals surface area contributed by atoms with Crippen LogP contribution in [0, 0.1) is 6.92 Å². The third-order valence-corrected chi connectivity index (χ3v) is 8.07. The van der Waals surface area contributed by atoms with Crippen LogP contribution in [0.5, 0.6) is 0 Å². The molecule has 1 amide bonds. The molecule has 140 valence electrons. The number of aryl methyl sites for hydroxylation is 1. The largest absolute Gasteiger partial charge is 0.322 e. The zero-order valence-electron chi connectivity index (χ0n) is 14.6. The average Bonchev–Trinajstić information content (AvgIpc) is 3.20. The highest BCUT2D eigenvalue weighted by molar-refractivity contribution is 9.10. The monoisotopic (exact) mass is 464 g/mol. The van der Waals surface area contributed by atoms with Crippen molar-refractivity contribution >= 4 is 54.6 Å². The molecular weight excluding hydrogens is 448 g/mol. The van der Waals surface area contributed by atoms with Gasteiger partial charge in [-0.2, -0.15) is 0 Å². The van der Waals surface area contributed by atoms with E-state index in [1.807, 2.05) is 25.1 Å². The van der Waals surface area contributed by atoms with E-state index in [2.05, 4.69) is 21.2 Å². The van der Waals surface area contributed by atoms with Crippen LogP contribution in [0.4, 0.5) is 11.4 Å². The van der Waals surface area contributed by atoms with Crippen molar-refractivity contribution < 1.29 is 13.2 Å². The standard InChI is InChI=1S/C19H17BrN2O3S2/c1-13-12-15(7-10-17(13)20)21-19(23)14-5-8-16(9-6-14)22(2)27(24,25)18-4-3-11-26-18/h3-12H,1-2H3,(H,21,23). The van der Waals surface area contributed by atoms with Crippen LogP contribution in [-0.4, -0.2) is 21.4 Å². The molecule has 0 aliphatic carbocycles. The summed E-state index contributed by atoms with van der Waals surface area (Å²) in [5, 5.41) is 4.56. The number of anilines is 2. The Balaban J connectivity index is 1.76. The highest BCUT2D eigenvalue weighted by atomic mass is 79.9. The zero-order chi connectivity index (χ0) is 19.6. The molecule has 1 N–H and O–H groups in total. The van der Waals surface area contributed by atoms with Crippen molar-refractivity contribution in [3.05, 3.63) is 75.6 Å². The number of hydrogen-bond donors (Lipinski definition) is 1. The first-order chi connectivity index (χ1) is 12.8. The molecule has 0 bridgehead atoms. The minimum atomic E-state index is -3.59. The molecule has 3 aromatic rings. The van der Waals surface area contributed by atoms with Gasteiger partial charge in [0.05, 0.1) is 5.69 Å². The van der Waals surface area contributed by atoms with Crippen molar-refractivity contribution in [2.45, 2.75) is 11.1 Å². The Hall–Kier alpha value is -2.16. The number of amides is 1. The number of nitrogens with zero attached hydrogens (tertiary/aromatic N) is 1. The van der Waals surface area contributed by atoms with Gasteiger partial charge in [0.1, 0.15) is 4.21 Å².